The molecule has 0 unspecified atom stereocenters. The Morgan fingerprint density at radius 2 is 0.803 bits per heavy atom. The maximum Gasteiger partial charge on any atom is 0.0991 e. The minimum atomic E-state index is 0.575. The summed E-state index contributed by atoms with van der Waals surface area (Å²) in [4.78, 5) is 24.3. The summed E-state index contributed by atoms with van der Waals surface area (Å²) in [6.07, 6.45) is 3.62. The molecule has 10 aromatic rings. The van der Waals surface area contributed by atoms with Crippen LogP contribution in [0.25, 0.3) is 89.7 Å². The molecule has 0 saturated carbocycles. The van der Waals surface area contributed by atoms with E-state index in [0.717, 1.165) is 89.7 Å². The lowest BCUT2D eigenvalue weighted by Gasteiger charge is -2.13. The van der Waals surface area contributed by atoms with Gasteiger partial charge in [0, 0.05) is 45.8 Å². The van der Waals surface area contributed by atoms with Gasteiger partial charge in [0.1, 0.15) is 0 Å². The molecule has 288 valence electrons. The van der Waals surface area contributed by atoms with Gasteiger partial charge < -0.3 is 0 Å². The lowest BCUT2D eigenvalue weighted by molar-refractivity contribution is 1.29. The summed E-state index contributed by atoms with van der Waals surface area (Å²) in [6, 6.07) is 69.3. The number of aryl methyl sites for hydroxylation is 1. The molecule has 0 aliphatic heterocycles. The van der Waals surface area contributed by atoms with E-state index in [4.69, 9.17) is 15.0 Å². The molecule has 0 N–H and O–H groups in total. The van der Waals surface area contributed by atoms with Crippen molar-refractivity contribution in [2.75, 3.05) is 0 Å². The molecular weight excluding hydrogens is 745 g/mol. The fourth-order valence-corrected chi connectivity index (χ4v) is 7.18. The molecule has 0 aliphatic rings. The molecule has 0 atom stereocenters. The van der Waals surface area contributed by atoms with Crippen molar-refractivity contribution in [3.8, 4) is 84.7 Å². The van der Waals surface area contributed by atoms with Gasteiger partial charge in [0.15, 0.2) is 0 Å². The Bertz CT molecular complexity index is 3010. The third-order valence-corrected chi connectivity index (χ3v) is 10.4. The number of hydrogen-bond donors (Lipinski definition) is 0. The number of benzene rings is 6. The summed E-state index contributed by atoms with van der Waals surface area (Å²) in [5, 5.41) is 9.61. The number of para-hydroxylation sites is 2. The second-order valence-electron chi connectivity index (χ2n) is 14.5. The van der Waals surface area contributed by atoms with E-state index in [2.05, 4.69) is 120 Å². The van der Waals surface area contributed by atoms with Gasteiger partial charge in [-0.3, -0.25) is 9.97 Å². The molecule has 0 radical (unpaired) electrons. The van der Waals surface area contributed by atoms with Gasteiger partial charge >= 0.3 is 0 Å². The largest absolute Gasteiger partial charge is 0.256 e. The number of pyridine rings is 3. The highest BCUT2D eigenvalue weighted by atomic mass is 14.8. The average Bonchev–Trinajstić information content (AvgIpc) is 3.34. The number of hydrogen-bond acceptors (Lipinski definition) is 6. The second kappa shape index (κ2) is 17.6. The maximum atomic E-state index is 9.61. The van der Waals surface area contributed by atoms with Crippen molar-refractivity contribution in [3.05, 3.63) is 224 Å². The zero-order chi connectivity index (χ0) is 41.4. The molecule has 0 bridgehead atoms. The number of rotatable bonds is 7. The first-order chi connectivity index (χ1) is 30.1. The van der Waals surface area contributed by atoms with Crippen molar-refractivity contribution < 1.29 is 0 Å². The minimum Gasteiger partial charge on any atom is -0.256 e. The Morgan fingerprint density at radius 1 is 0.344 bits per heavy atom. The first-order valence-electron chi connectivity index (χ1n) is 20.0. The summed E-state index contributed by atoms with van der Waals surface area (Å²) in [6.45, 7) is 2.08. The Balaban J connectivity index is 0.000000620. The van der Waals surface area contributed by atoms with E-state index in [9.17, 15) is 5.26 Å². The molecule has 0 saturated heterocycles. The first-order valence-corrected chi connectivity index (χ1v) is 20.0. The zero-order valence-corrected chi connectivity index (χ0v) is 33.4. The quantitative estimate of drug-likeness (QED) is 0.160. The van der Waals surface area contributed by atoms with Crippen LogP contribution in [0, 0.1) is 18.3 Å². The molecular formula is C55H38N6. The molecule has 10 rings (SSSR count). The number of nitriles is 1. The van der Waals surface area contributed by atoms with Crippen LogP contribution in [-0.4, -0.2) is 24.9 Å². The fraction of sp³-hybridized carbons (Fsp3) is 0.0182. The van der Waals surface area contributed by atoms with Gasteiger partial charge in [-0.15, -0.1) is 0 Å². The van der Waals surface area contributed by atoms with E-state index in [1.165, 1.54) is 5.56 Å². The van der Waals surface area contributed by atoms with Gasteiger partial charge in [-0.1, -0.05) is 145 Å². The Kier molecular flexibility index (Phi) is 11.0. The Labute approximate surface area is 355 Å². The Morgan fingerprint density at radius 3 is 1.28 bits per heavy atom. The topological polar surface area (TPSA) is 88.2 Å². The third-order valence-electron chi connectivity index (χ3n) is 10.4. The molecule has 0 aliphatic carbocycles. The predicted octanol–water partition coefficient (Wildman–Crippen LogP) is 13.4. The van der Waals surface area contributed by atoms with Crippen LogP contribution in [0.4, 0.5) is 0 Å². The van der Waals surface area contributed by atoms with Crippen molar-refractivity contribution in [3.63, 3.8) is 0 Å². The summed E-state index contributed by atoms with van der Waals surface area (Å²) >= 11 is 0. The molecule has 4 heterocycles. The predicted molar refractivity (Wildman–Crippen MR) is 247 cm³/mol. The van der Waals surface area contributed by atoms with E-state index in [1.807, 2.05) is 109 Å². The van der Waals surface area contributed by atoms with Gasteiger partial charge in [-0.05, 0) is 78.7 Å². The van der Waals surface area contributed by atoms with E-state index < -0.39 is 0 Å². The van der Waals surface area contributed by atoms with Gasteiger partial charge in [-0.2, -0.15) is 5.26 Å². The van der Waals surface area contributed by atoms with Gasteiger partial charge in [-0.25, -0.2) is 15.0 Å². The molecule has 6 heteroatoms. The highest BCUT2D eigenvalue weighted by Gasteiger charge is 2.16. The van der Waals surface area contributed by atoms with E-state index in [1.54, 1.807) is 6.07 Å². The lowest BCUT2D eigenvalue weighted by atomic mass is 9.96. The van der Waals surface area contributed by atoms with Crippen molar-refractivity contribution in [1.29, 1.82) is 5.26 Å². The molecule has 0 spiro atoms. The third kappa shape index (κ3) is 8.73. The van der Waals surface area contributed by atoms with Crippen LogP contribution in [0.3, 0.4) is 0 Å². The SMILES string of the molecule is Cc1ccccc1.N#Cc1cccc(-c2nc3ccccc3nc2-c2ccc(-c3cc(-c4ccc(-c5ccccn5)cc4)nc(-c4ccc(-c5ccccn5)cc4)c3)cc2)c1. The molecule has 0 fully saturated rings. The standard InChI is InChI=1S/C48H30N6.C7H8/c49-31-32-8-7-9-39(28-32)48-47(53-43-12-1-2-13-44(43)54-48)38-24-14-33(15-25-38)40-29-45(36-20-16-34(17-21-36)41-10-3-5-26-50-41)52-46(30-40)37-22-18-35(19-23-37)42-11-4-6-27-51-42;1-7-5-3-2-4-6-7/h1-30H;2-6H,1H3. The fourth-order valence-electron chi connectivity index (χ4n) is 7.18. The summed E-state index contributed by atoms with van der Waals surface area (Å²) < 4.78 is 0. The van der Waals surface area contributed by atoms with Crippen LogP contribution < -0.4 is 0 Å². The number of aromatic nitrogens is 5. The summed E-state index contributed by atoms with van der Waals surface area (Å²) in [7, 11) is 0. The van der Waals surface area contributed by atoms with Crippen molar-refractivity contribution >= 4 is 11.0 Å². The van der Waals surface area contributed by atoms with E-state index in [-0.39, 0.29) is 0 Å². The van der Waals surface area contributed by atoms with E-state index in [0.29, 0.717) is 5.56 Å². The van der Waals surface area contributed by atoms with Crippen LogP contribution >= 0.6 is 0 Å². The maximum absolute atomic E-state index is 9.61. The van der Waals surface area contributed by atoms with Crippen molar-refractivity contribution in [2.45, 2.75) is 6.92 Å². The van der Waals surface area contributed by atoms with Crippen LogP contribution in [0.15, 0.2) is 213 Å². The van der Waals surface area contributed by atoms with Crippen molar-refractivity contribution in [1.82, 2.24) is 24.9 Å². The molecule has 6 nitrogen and oxygen atoms in total. The molecule has 61 heavy (non-hydrogen) atoms. The van der Waals surface area contributed by atoms with Crippen LogP contribution in [-0.2, 0) is 0 Å². The highest BCUT2D eigenvalue weighted by molar-refractivity contribution is 5.87. The normalized spacial score (nSPS) is 10.7. The smallest absolute Gasteiger partial charge is 0.0991 e. The van der Waals surface area contributed by atoms with Gasteiger partial charge in [0.05, 0.1) is 56.8 Å². The number of nitrogens with zero attached hydrogens (tertiary/aromatic N) is 6. The monoisotopic (exact) mass is 782 g/mol. The van der Waals surface area contributed by atoms with Gasteiger partial charge in [0.2, 0.25) is 0 Å². The molecule has 0 amide bonds. The Hall–Kier alpha value is -8.40. The van der Waals surface area contributed by atoms with Crippen LogP contribution in [0.5, 0.6) is 0 Å². The highest BCUT2D eigenvalue weighted by Crippen LogP contribution is 2.35. The molecule has 6 aromatic carbocycles. The van der Waals surface area contributed by atoms with Crippen molar-refractivity contribution in [2.24, 2.45) is 0 Å². The van der Waals surface area contributed by atoms with Crippen LogP contribution in [0.1, 0.15) is 11.1 Å². The summed E-state index contributed by atoms with van der Waals surface area (Å²) in [5.41, 5.74) is 16.6. The summed E-state index contributed by atoms with van der Waals surface area (Å²) in [5.74, 6) is 0. The van der Waals surface area contributed by atoms with Crippen LogP contribution in [0.2, 0.25) is 0 Å². The zero-order valence-electron chi connectivity index (χ0n) is 33.4. The minimum absolute atomic E-state index is 0.575. The molecule has 4 aromatic heterocycles. The lowest BCUT2D eigenvalue weighted by Crippen LogP contribution is -1.96. The second-order valence-corrected chi connectivity index (χ2v) is 14.5. The van der Waals surface area contributed by atoms with E-state index >= 15 is 0 Å². The number of fused-ring (bicyclic) bond motifs is 1. The van der Waals surface area contributed by atoms with Gasteiger partial charge in [0.25, 0.3) is 0 Å². The average molecular weight is 783 g/mol. The first kappa shape index (κ1) is 38.1.